The van der Waals surface area contributed by atoms with Crippen LogP contribution in [-0.2, 0) is 6.54 Å². The summed E-state index contributed by atoms with van der Waals surface area (Å²) in [6.07, 6.45) is 1.72. The van der Waals surface area contributed by atoms with E-state index in [1.54, 1.807) is 12.3 Å². The quantitative estimate of drug-likeness (QED) is 0.531. The Hall–Kier alpha value is -2.29. The molecule has 0 saturated heterocycles. The van der Waals surface area contributed by atoms with Crippen LogP contribution in [0.3, 0.4) is 0 Å². The minimum Gasteiger partial charge on any atom is -0.379 e. The van der Waals surface area contributed by atoms with E-state index < -0.39 is 0 Å². The van der Waals surface area contributed by atoms with Crippen LogP contribution in [0.5, 0.6) is 0 Å². The van der Waals surface area contributed by atoms with Gasteiger partial charge in [-0.1, -0.05) is 35.0 Å². The average Bonchev–Trinajstić information content (AvgIpc) is 3.20. The van der Waals surface area contributed by atoms with Crippen molar-refractivity contribution in [3.05, 3.63) is 40.5 Å². The monoisotopic (exact) mass is 406 g/mol. The fraction of sp³-hybridized carbons (Fsp3) is 0.125. The zero-order chi connectivity index (χ0) is 18.3. The lowest BCUT2D eigenvalue weighted by Crippen LogP contribution is -2.00. The van der Waals surface area contributed by atoms with Gasteiger partial charge in [-0.3, -0.25) is 0 Å². The minimum absolute atomic E-state index is 0.202. The number of pyridine rings is 1. The van der Waals surface area contributed by atoms with Crippen LogP contribution in [0, 0.1) is 0 Å². The second-order valence-electron chi connectivity index (χ2n) is 5.37. The Bertz CT molecular complexity index is 1110. The van der Waals surface area contributed by atoms with Gasteiger partial charge in [0.05, 0.1) is 21.8 Å². The van der Waals surface area contributed by atoms with E-state index in [0.717, 1.165) is 21.0 Å². The van der Waals surface area contributed by atoms with Crippen molar-refractivity contribution in [3.8, 4) is 11.5 Å². The molecule has 0 fully saturated rings. The fourth-order valence-corrected chi connectivity index (χ4v) is 3.77. The number of halogens is 2. The third-order valence-electron chi connectivity index (χ3n) is 3.76. The second-order valence-corrected chi connectivity index (χ2v) is 7.28. The number of aryl methyl sites for hydroxylation is 1. The van der Waals surface area contributed by atoms with Crippen LogP contribution in [0.25, 0.3) is 22.6 Å². The smallest absolute Gasteiger partial charge is 0.199 e. The first-order valence-electron chi connectivity index (χ1n) is 7.64. The van der Waals surface area contributed by atoms with Crippen molar-refractivity contribution in [1.29, 1.82) is 0 Å². The van der Waals surface area contributed by atoms with Crippen LogP contribution in [0.2, 0.25) is 10.0 Å². The van der Waals surface area contributed by atoms with Gasteiger partial charge in [0.2, 0.25) is 0 Å². The van der Waals surface area contributed by atoms with E-state index in [4.69, 9.17) is 33.6 Å². The molecule has 0 aliphatic carbocycles. The molecule has 0 atom stereocenters. The van der Waals surface area contributed by atoms with Gasteiger partial charge in [-0.15, -0.1) is 0 Å². The molecule has 3 heterocycles. The molecule has 0 unspecified atom stereocenters. The maximum atomic E-state index is 6.08. The van der Waals surface area contributed by atoms with Crippen molar-refractivity contribution in [2.75, 3.05) is 5.73 Å². The lowest BCUT2D eigenvalue weighted by molar-refractivity contribution is 0.310. The Morgan fingerprint density at radius 1 is 1.19 bits per heavy atom. The average molecular weight is 407 g/mol. The van der Waals surface area contributed by atoms with Crippen LogP contribution < -0.4 is 5.73 Å². The molecule has 10 heteroatoms. The number of fused-ring (bicyclic) bond motifs is 1. The Morgan fingerprint density at radius 3 is 2.73 bits per heavy atom. The molecular formula is C16H12Cl2N6OS. The maximum absolute atomic E-state index is 6.08. The van der Waals surface area contributed by atoms with Crippen molar-refractivity contribution in [2.24, 2.45) is 0 Å². The van der Waals surface area contributed by atoms with Gasteiger partial charge in [-0.05, 0) is 41.5 Å². The largest absolute Gasteiger partial charge is 0.379 e. The van der Waals surface area contributed by atoms with Crippen molar-refractivity contribution in [1.82, 2.24) is 24.8 Å². The number of benzene rings is 1. The Balaban J connectivity index is 1.77. The third-order valence-corrected chi connectivity index (χ3v) is 5.43. The summed E-state index contributed by atoms with van der Waals surface area (Å²) in [6.45, 7) is 2.69. The molecule has 4 aromatic rings. The van der Waals surface area contributed by atoms with Crippen LogP contribution in [0.15, 0.2) is 45.0 Å². The first-order chi connectivity index (χ1) is 12.6. The summed E-state index contributed by atoms with van der Waals surface area (Å²) in [4.78, 5) is 9.98. The van der Waals surface area contributed by atoms with Gasteiger partial charge in [-0.25, -0.2) is 14.6 Å². The summed E-state index contributed by atoms with van der Waals surface area (Å²) in [5.74, 6) is 0.799. The SMILES string of the molecule is CCn1c(-c2nonc2N)nc2cnc(Sc3ccc(Cl)c(Cl)c3)cc21. The van der Waals surface area contributed by atoms with Crippen LogP contribution in [0.1, 0.15) is 6.92 Å². The van der Waals surface area contributed by atoms with Gasteiger partial charge in [-0.2, -0.15) is 0 Å². The third kappa shape index (κ3) is 3.00. The molecule has 7 nitrogen and oxygen atoms in total. The number of hydrogen-bond donors (Lipinski definition) is 1. The van der Waals surface area contributed by atoms with Gasteiger partial charge >= 0.3 is 0 Å². The minimum atomic E-state index is 0.202. The fourth-order valence-electron chi connectivity index (χ4n) is 2.58. The molecule has 0 spiro atoms. The normalized spacial score (nSPS) is 11.3. The molecule has 0 amide bonds. The highest BCUT2D eigenvalue weighted by atomic mass is 35.5. The second kappa shape index (κ2) is 6.79. The van der Waals surface area contributed by atoms with Gasteiger partial charge in [0.25, 0.3) is 0 Å². The van der Waals surface area contributed by atoms with Crippen molar-refractivity contribution in [3.63, 3.8) is 0 Å². The molecule has 3 aromatic heterocycles. The number of anilines is 1. The van der Waals surface area contributed by atoms with Gasteiger partial charge < -0.3 is 10.3 Å². The molecule has 0 bridgehead atoms. The molecule has 4 rings (SSSR count). The molecule has 1 aromatic carbocycles. The summed E-state index contributed by atoms with van der Waals surface area (Å²) < 4.78 is 6.69. The summed E-state index contributed by atoms with van der Waals surface area (Å²) in [7, 11) is 0. The van der Waals surface area contributed by atoms with E-state index >= 15 is 0 Å². The predicted molar refractivity (Wildman–Crippen MR) is 101 cm³/mol. The number of nitrogens with zero attached hydrogens (tertiary/aromatic N) is 5. The van der Waals surface area contributed by atoms with E-state index in [2.05, 4.69) is 20.3 Å². The van der Waals surface area contributed by atoms with Crippen LogP contribution in [0.4, 0.5) is 5.82 Å². The first-order valence-corrected chi connectivity index (χ1v) is 9.21. The number of nitrogen functional groups attached to an aromatic ring is 1. The molecule has 0 aliphatic heterocycles. The topological polar surface area (TPSA) is 95.7 Å². The van der Waals surface area contributed by atoms with Gasteiger partial charge in [0, 0.05) is 11.4 Å². The molecule has 0 aliphatic rings. The Kier molecular flexibility index (Phi) is 4.47. The Morgan fingerprint density at radius 2 is 2.04 bits per heavy atom. The predicted octanol–water partition coefficient (Wildman–Crippen LogP) is 4.54. The first kappa shape index (κ1) is 17.1. The zero-order valence-electron chi connectivity index (χ0n) is 13.5. The number of aromatic nitrogens is 5. The number of nitrogens with two attached hydrogens (primary N) is 1. The van der Waals surface area contributed by atoms with E-state index in [9.17, 15) is 0 Å². The highest BCUT2D eigenvalue weighted by molar-refractivity contribution is 7.99. The van der Waals surface area contributed by atoms with Gasteiger partial charge in [0.1, 0.15) is 10.5 Å². The molecular weight excluding hydrogens is 395 g/mol. The van der Waals surface area contributed by atoms with E-state index in [0.29, 0.717) is 28.1 Å². The molecule has 132 valence electrons. The number of rotatable bonds is 4. The van der Waals surface area contributed by atoms with Gasteiger partial charge in [0.15, 0.2) is 17.3 Å². The highest BCUT2D eigenvalue weighted by Crippen LogP contribution is 2.34. The van der Waals surface area contributed by atoms with Crippen molar-refractivity contribution >= 4 is 51.8 Å². The highest BCUT2D eigenvalue weighted by Gasteiger charge is 2.19. The van der Waals surface area contributed by atoms with E-state index in [1.807, 2.05) is 29.7 Å². The summed E-state index contributed by atoms with van der Waals surface area (Å²) >= 11 is 13.5. The zero-order valence-corrected chi connectivity index (χ0v) is 15.8. The lowest BCUT2D eigenvalue weighted by Gasteiger charge is -2.05. The molecule has 0 saturated carbocycles. The van der Waals surface area contributed by atoms with E-state index in [1.165, 1.54) is 11.8 Å². The maximum Gasteiger partial charge on any atom is 0.199 e. The lowest BCUT2D eigenvalue weighted by atomic mass is 10.4. The standard InChI is InChI=1S/C16H12Cl2N6OS/c1-2-24-12-6-13(26-8-3-4-9(17)10(18)5-8)20-7-11(12)21-16(24)14-15(19)23-25-22-14/h3-7H,2H2,1H3,(H2,19,23). The number of hydrogen-bond acceptors (Lipinski definition) is 7. The Labute approximate surface area is 162 Å². The number of imidazole rings is 1. The van der Waals surface area contributed by atoms with Crippen LogP contribution >= 0.6 is 35.0 Å². The summed E-state index contributed by atoms with van der Waals surface area (Å²) in [6, 6.07) is 7.44. The van der Waals surface area contributed by atoms with E-state index in [-0.39, 0.29) is 5.82 Å². The summed E-state index contributed by atoms with van der Waals surface area (Å²) in [5, 5.41) is 9.31. The van der Waals surface area contributed by atoms with Crippen molar-refractivity contribution < 1.29 is 4.63 Å². The van der Waals surface area contributed by atoms with Crippen molar-refractivity contribution in [2.45, 2.75) is 23.4 Å². The molecule has 26 heavy (non-hydrogen) atoms. The molecule has 0 radical (unpaired) electrons. The molecule has 2 N–H and O–H groups in total. The van der Waals surface area contributed by atoms with Crippen LogP contribution in [-0.4, -0.2) is 24.8 Å². The summed E-state index contributed by atoms with van der Waals surface area (Å²) in [5.41, 5.74) is 7.89.